The first-order chi connectivity index (χ1) is 20.5. The van der Waals surface area contributed by atoms with Crippen LogP contribution in [0.15, 0.2) is 115 Å². The summed E-state index contributed by atoms with van der Waals surface area (Å²) in [4.78, 5) is 0. The Labute approximate surface area is 243 Å². The molecule has 0 spiro atoms. The number of benzene rings is 7. The molecular weight excluding hydrogens is 558 g/mol. The molecule has 0 saturated heterocycles. The standard InChI is InChI=1S/C37H22F6/c1-21-2-4-22(5-3-21)28-16-10-25-11-17-30-32(23-6-12-26(13-7-23)36(38,39)40)20-33(31-19-18-29(28)34(25)35(30)31)24-8-14-27(15-9-24)37(41,42)43/h2-20H,1H3. The zero-order valence-corrected chi connectivity index (χ0v) is 22.7. The van der Waals surface area contributed by atoms with Gasteiger partial charge in [0.15, 0.2) is 0 Å². The first kappa shape index (κ1) is 27.0. The molecule has 0 nitrogen and oxygen atoms in total. The lowest BCUT2D eigenvalue weighted by molar-refractivity contribution is -0.138. The fourth-order valence-corrected chi connectivity index (χ4v) is 6.04. The van der Waals surface area contributed by atoms with Gasteiger partial charge in [0.1, 0.15) is 0 Å². The van der Waals surface area contributed by atoms with Crippen molar-refractivity contribution in [2.75, 3.05) is 0 Å². The Balaban J connectivity index is 1.55. The summed E-state index contributed by atoms with van der Waals surface area (Å²) in [5, 5.41) is 5.62. The van der Waals surface area contributed by atoms with Crippen LogP contribution < -0.4 is 0 Å². The van der Waals surface area contributed by atoms with Crippen LogP contribution >= 0.6 is 0 Å². The van der Waals surface area contributed by atoms with Gasteiger partial charge in [-0.05, 0) is 103 Å². The Kier molecular flexibility index (Phi) is 6.03. The van der Waals surface area contributed by atoms with Crippen LogP contribution in [0.4, 0.5) is 26.3 Å². The minimum Gasteiger partial charge on any atom is -0.166 e. The summed E-state index contributed by atoms with van der Waals surface area (Å²) in [6.45, 7) is 2.03. The minimum absolute atomic E-state index is 0.581. The summed E-state index contributed by atoms with van der Waals surface area (Å²) < 4.78 is 80.2. The van der Waals surface area contributed by atoms with Crippen LogP contribution in [0.1, 0.15) is 16.7 Å². The first-order valence-electron chi connectivity index (χ1n) is 13.7. The molecule has 0 aliphatic rings. The highest BCUT2D eigenvalue weighted by molar-refractivity contribution is 6.29. The van der Waals surface area contributed by atoms with Crippen molar-refractivity contribution in [3.8, 4) is 33.4 Å². The molecule has 7 rings (SSSR count). The van der Waals surface area contributed by atoms with Crippen LogP contribution in [0.25, 0.3) is 65.7 Å². The molecule has 0 aliphatic heterocycles. The van der Waals surface area contributed by atoms with E-state index in [1.54, 1.807) is 0 Å². The van der Waals surface area contributed by atoms with E-state index in [2.05, 4.69) is 36.4 Å². The zero-order valence-electron chi connectivity index (χ0n) is 22.7. The molecule has 7 aromatic carbocycles. The Morgan fingerprint density at radius 1 is 0.395 bits per heavy atom. The van der Waals surface area contributed by atoms with Gasteiger partial charge in [0.25, 0.3) is 0 Å². The maximum absolute atomic E-state index is 13.4. The molecule has 0 unspecified atom stereocenters. The molecule has 0 heterocycles. The van der Waals surface area contributed by atoms with Gasteiger partial charge in [-0.25, -0.2) is 0 Å². The summed E-state index contributed by atoms with van der Waals surface area (Å²) in [7, 11) is 0. The quantitative estimate of drug-likeness (QED) is 0.144. The second-order valence-electron chi connectivity index (χ2n) is 10.8. The molecule has 6 heteroatoms. The van der Waals surface area contributed by atoms with Crippen molar-refractivity contribution in [3.63, 3.8) is 0 Å². The molecule has 0 saturated carbocycles. The van der Waals surface area contributed by atoms with Gasteiger partial charge in [-0.2, -0.15) is 26.3 Å². The summed E-state index contributed by atoms with van der Waals surface area (Å²) in [6.07, 6.45) is -8.95. The van der Waals surface area contributed by atoms with Gasteiger partial charge in [-0.3, -0.25) is 0 Å². The van der Waals surface area contributed by atoms with E-state index in [1.165, 1.54) is 24.3 Å². The van der Waals surface area contributed by atoms with E-state index in [0.717, 1.165) is 73.3 Å². The predicted molar refractivity (Wildman–Crippen MR) is 161 cm³/mol. The average molecular weight is 581 g/mol. The SMILES string of the molecule is Cc1ccc(-c2ccc3ccc4c(-c5ccc(C(F)(F)F)cc5)cc(-c5ccc(C(F)(F)F)cc5)c5ccc2c3c45)cc1. The molecule has 0 fully saturated rings. The van der Waals surface area contributed by atoms with Crippen molar-refractivity contribution >= 4 is 32.3 Å². The normalized spacial score (nSPS) is 12.5. The van der Waals surface area contributed by atoms with E-state index in [0.29, 0.717) is 22.3 Å². The van der Waals surface area contributed by atoms with Crippen molar-refractivity contribution in [1.29, 1.82) is 0 Å². The van der Waals surface area contributed by atoms with Gasteiger partial charge in [0.2, 0.25) is 0 Å². The lowest BCUT2D eigenvalue weighted by atomic mass is 9.84. The third-order valence-corrected chi connectivity index (χ3v) is 8.19. The summed E-state index contributed by atoms with van der Waals surface area (Å²) in [6, 6.07) is 32.3. The van der Waals surface area contributed by atoms with Crippen LogP contribution in [-0.2, 0) is 12.4 Å². The van der Waals surface area contributed by atoms with Gasteiger partial charge in [0, 0.05) is 0 Å². The molecule has 0 atom stereocenters. The molecule has 0 N–H and O–H groups in total. The van der Waals surface area contributed by atoms with Crippen molar-refractivity contribution < 1.29 is 26.3 Å². The molecule has 0 bridgehead atoms. The van der Waals surface area contributed by atoms with E-state index < -0.39 is 23.5 Å². The maximum Gasteiger partial charge on any atom is 0.416 e. The van der Waals surface area contributed by atoms with E-state index in [1.807, 2.05) is 37.3 Å². The Bertz CT molecular complexity index is 2040. The highest BCUT2D eigenvalue weighted by Crippen LogP contribution is 2.46. The molecule has 0 radical (unpaired) electrons. The third kappa shape index (κ3) is 4.58. The zero-order chi connectivity index (χ0) is 30.1. The number of hydrogen-bond donors (Lipinski definition) is 0. The lowest BCUT2D eigenvalue weighted by Gasteiger charge is -2.20. The van der Waals surface area contributed by atoms with E-state index >= 15 is 0 Å². The summed E-state index contributed by atoms with van der Waals surface area (Å²) >= 11 is 0. The molecular formula is C37H22F6. The van der Waals surface area contributed by atoms with E-state index in [4.69, 9.17) is 0 Å². The molecule has 212 valence electrons. The average Bonchev–Trinajstić information content (AvgIpc) is 2.99. The Morgan fingerprint density at radius 2 is 0.791 bits per heavy atom. The molecule has 0 aliphatic carbocycles. The fraction of sp³-hybridized carbons (Fsp3) is 0.0811. The number of alkyl halides is 6. The fourth-order valence-electron chi connectivity index (χ4n) is 6.04. The Morgan fingerprint density at radius 3 is 1.28 bits per heavy atom. The van der Waals surface area contributed by atoms with Gasteiger partial charge in [-0.1, -0.05) is 90.5 Å². The number of aryl methyl sites for hydroxylation is 1. The monoisotopic (exact) mass is 580 g/mol. The maximum atomic E-state index is 13.4. The first-order valence-corrected chi connectivity index (χ1v) is 13.7. The van der Waals surface area contributed by atoms with Gasteiger partial charge in [-0.15, -0.1) is 0 Å². The number of hydrogen-bond acceptors (Lipinski definition) is 0. The van der Waals surface area contributed by atoms with Crippen LogP contribution in [-0.4, -0.2) is 0 Å². The van der Waals surface area contributed by atoms with Crippen LogP contribution in [0.3, 0.4) is 0 Å². The van der Waals surface area contributed by atoms with Crippen molar-refractivity contribution in [1.82, 2.24) is 0 Å². The highest BCUT2D eigenvalue weighted by atomic mass is 19.4. The van der Waals surface area contributed by atoms with Crippen LogP contribution in [0, 0.1) is 6.92 Å². The molecule has 7 aromatic rings. The number of halogens is 6. The third-order valence-electron chi connectivity index (χ3n) is 8.19. The van der Waals surface area contributed by atoms with Crippen molar-refractivity contribution in [2.24, 2.45) is 0 Å². The van der Waals surface area contributed by atoms with Gasteiger partial charge in [0.05, 0.1) is 11.1 Å². The van der Waals surface area contributed by atoms with Crippen molar-refractivity contribution in [2.45, 2.75) is 19.3 Å². The van der Waals surface area contributed by atoms with Gasteiger partial charge >= 0.3 is 12.4 Å². The predicted octanol–water partition coefficient (Wildman–Crippen LogP) is 11.9. The smallest absolute Gasteiger partial charge is 0.166 e. The molecule has 0 aromatic heterocycles. The summed E-state index contributed by atoms with van der Waals surface area (Å²) in [5.41, 5.74) is 4.30. The largest absolute Gasteiger partial charge is 0.416 e. The molecule has 43 heavy (non-hydrogen) atoms. The number of rotatable bonds is 3. The van der Waals surface area contributed by atoms with Crippen LogP contribution in [0.2, 0.25) is 0 Å². The second-order valence-corrected chi connectivity index (χ2v) is 10.8. The lowest BCUT2D eigenvalue weighted by Crippen LogP contribution is -2.04. The van der Waals surface area contributed by atoms with Crippen molar-refractivity contribution in [3.05, 3.63) is 132 Å². The summed E-state index contributed by atoms with van der Waals surface area (Å²) in [5.74, 6) is 0. The highest BCUT2D eigenvalue weighted by Gasteiger charge is 2.31. The molecule has 0 amide bonds. The minimum atomic E-state index is -4.47. The van der Waals surface area contributed by atoms with E-state index in [-0.39, 0.29) is 0 Å². The van der Waals surface area contributed by atoms with Gasteiger partial charge < -0.3 is 0 Å². The second kappa shape index (κ2) is 9.60. The van der Waals surface area contributed by atoms with E-state index in [9.17, 15) is 26.3 Å². The topological polar surface area (TPSA) is 0 Å². The van der Waals surface area contributed by atoms with Crippen LogP contribution in [0.5, 0.6) is 0 Å². The Hall–Kier alpha value is -4.84.